The number of nitrogens with two attached hydrogens (primary N) is 2. The molecule has 0 spiro atoms. The average molecular weight is 244 g/mol. The van der Waals surface area contributed by atoms with Crippen LogP contribution in [0.5, 0.6) is 0 Å². The fourth-order valence-corrected chi connectivity index (χ4v) is 1.67. The van der Waals surface area contributed by atoms with Crippen LogP contribution in [0.15, 0.2) is 12.1 Å². The third-order valence-corrected chi connectivity index (χ3v) is 2.76. The molecule has 2 heterocycles. The topological polar surface area (TPSA) is 104 Å². The molecule has 0 atom stereocenters. The fraction of sp³-hybridized carbons (Fsp3) is 0.333. The van der Waals surface area contributed by atoms with Crippen molar-refractivity contribution in [2.75, 3.05) is 11.5 Å². The number of anilines is 2. The summed E-state index contributed by atoms with van der Waals surface area (Å²) in [6.07, 6.45) is 0. The number of aromatic nitrogens is 4. The zero-order valence-corrected chi connectivity index (χ0v) is 10.7. The first-order chi connectivity index (χ1) is 8.49. The van der Waals surface area contributed by atoms with Gasteiger partial charge in [0.2, 0.25) is 0 Å². The van der Waals surface area contributed by atoms with Gasteiger partial charge in [-0.25, -0.2) is 0 Å². The molecular formula is C12H16N6. The molecule has 1 aromatic carbocycles. The normalized spacial score (nSPS) is 10.9. The predicted octanol–water partition coefficient (Wildman–Crippen LogP) is 1.58. The summed E-state index contributed by atoms with van der Waals surface area (Å²) in [6.45, 7) is 6.12. The lowest BCUT2D eigenvalue weighted by Gasteiger charge is -2.08. The van der Waals surface area contributed by atoms with Crippen molar-refractivity contribution in [1.29, 1.82) is 0 Å². The summed E-state index contributed by atoms with van der Waals surface area (Å²) in [5.41, 5.74) is 14.9. The van der Waals surface area contributed by atoms with Gasteiger partial charge in [-0.05, 0) is 36.1 Å². The number of rotatable bonds is 1. The van der Waals surface area contributed by atoms with Crippen LogP contribution in [0.2, 0.25) is 0 Å². The maximum atomic E-state index is 5.63. The molecule has 0 aliphatic rings. The summed E-state index contributed by atoms with van der Waals surface area (Å²) < 4.78 is 0. The maximum Gasteiger partial charge on any atom is 0.190 e. The van der Waals surface area contributed by atoms with E-state index >= 15 is 0 Å². The SMILES string of the molecule is Cc1cc2nnc(N)c(N)nnc1cc2C(C)C. The summed E-state index contributed by atoms with van der Waals surface area (Å²) in [7, 11) is 0. The van der Waals surface area contributed by atoms with Crippen LogP contribution in [0.3, 0.4) is 0 Å². The number of hydrogen-bond acceptors (Lipinski definition) is 6. The zero-order chi connectivity index (χ0) is 13.3. The number of aryl methyl sites for hydroxylation is 1. The summed E-state index contributed by atoms with van der Waals surface area (Å²) in [4.78, 5) is 0. The van der Waals surface area contributed by atoms with Crippen LogP contribution in [0, 0.1) is 6.92 Å². The van der Waals surface area contributed by atoms with Crippen LogP contribution in [0.1, 0.15) is 30.9 Å². The molecule has 0 amide bonds. The lowest BCUT2D eigenvalue weighted by atomic mass is 10.00. The van der Waals surface area contributed by atoms with E-state index in [4.69, 9.17) is 11.5 Å². The molecule has 3 rings (SSSR count). The van der Waals surface area contributed by atoms with Gasteiger partial charge in [0.05, 0.1) is 11.0 Å². The average Bonchev–Trinajstić information content (AvgIpc) is 2.33. The second-order valence-corrected chi connectivity index (χ2v) is 4.52. The third kappa shape index (κ3) is 2.22. The largest absolute Gasteiger partial charge is 0.379 e. The van der Waals surface area contributed by atoms with Crippen molar-refractivity contribution in [3.05, 3.63) is 23.3 Å². The molecule has 94 valence electrons. The minimum atomic E-state index is 0.0756. The number of nitrogen functional groups attached to an aromatic ring is 2. The Morgan fingerprint density at radius 3 is 2.00 bits per heavy atom. The highest BCUT2D eigenvalue weighted by Crippen LogP contribution is 2.22. The number of hydrogen-bond donors (Lipinski definition) is 2. The molecule has 3 aromatic rings. The van der Waals surface area contributed by atoms with Crippen LogP contribution in [0.4, 0.5) is 11.6 Å². The first-order valence-corrected chi connectivity index (χ1v) is 5.72. The van der Waals surface area contributed by atoms with E-state index in [2.05, 4.69) is 34.2 Å². The van der Waals surface area contributed by atoms with Crippen LogP contribution in [-0.4, -0.2) is 20.4 Å². The van der Waals surface area contributed by atoms with Crippen molar-refractivity contribution in [3.8, 4) is 0 Å². The molecule has 4 N–H and O–H groups in total. The third-order valence-electron chi connectivity index (χ3n) is 2.76. The van der Waals surface area contributed by atoms with E-state index in [0.717, 1.165) is 22.2 Å². The summed E-state index contributed by atoms with van der Waals surface area (Å²) in [5.74, 6) is 0.468. The van der Waals surface area contributed by atoms with Gasteiger partial charge in [0.1, 0.15) is 0 Å². The van der Waals surface area contributed by atoms with E-state index in [9.17, 15) is 0 Å². The molecule has 2 aromatic heterocycles. The van der Waals surface area contributed by atoms with Gasteiger partial charge >= 0.3 is 0 Å². The Morgan fingerprint density at radius 1 is 0.889 bits per heavy atom. The van der Waals surface area contributed by atoms with Crippen molar-refractivity contribution in [2.45, 2.75) is 26.7 Å². The van der Waals surface area contributed by atoms with Crippen LogP contribution in [-0.2, 0) is 0 Å². The van der Waals surface area contributed by atoms with Crippen molar-refractivity contribution in [3.63, 3.8) is 0 Å². The molecule has 0 radical (unpaired) electrons. The molecule has 0 fully saturated rings. The first kappa shape index (κ1) is 12.2. The molecule has 2 bridgehead atoms. The van der Waals surface area contributed by atoms with Gasteiger partial charge in [-0.3, -0.25) is 0 Å². The molecular weight excluding hydrogens is 228 g/mol. The maximum absolute atomic E-state index is 5.63. The van der Waals surface area contributed by atoms with Gasteiger partial charge in [0, 0.05) is 0 Å². The highest BCUT2D eigenvalue weighted by atomic mass is 15.2. The second-order valence-electron chi connectivity index (χ2n) is 4.52. The summed E-state index contributed by atoms with van der Waals surface area (Å²) in [5, 5.41) is 16.0. The molecule has 0 saturated heterocycles. The van der Waals surface area contributed by atoms with Gasteiger partial charge in [-0.1, -0.05) is 13.8 Å². The lowest BCUT2D eigenvalue weighted by Crippen LogP contribution is -2.02. The van der Waals surface area contributed by atoms with E-state index in [-0.39, 0.29) is 11.6 Å². The van der Waals surface area contributed by atoms with Gasteiger partial charge in [0.25, 0.3) is 0 Å². The first-order valence-electron chi connectivity index (χ1n) is 5.72. The van der Waals surface area contributed by atoms with Crippen LogP contribution < -0.4 is 11.5 Å². The van der Waals surface area contributed by atoms with Gasteiger partial charge in [-0.2, -0.15) is 0 Å². The highest BCUT2D eigenvalue weighted by molar-refractivity contribution is 5.67. The van der Waals surface area contributed by atoms with Crippen molar-refractivity contribution < 1.29 is 0 Å². The Kier molecular flexibility index (Phi) is 3.10. The molecule has 0 unspecified atom stereocenters. The number of nitrogens with zero attached hydrogens (tertiary/aromatic N) is 4. The summed E-state index contributed by atoms with van der Waals surface area (Å²) >= 11 is 0. The minimum Gasteiger partial charge on any atom is -0.379 e. The van der Waals surface area contributed by atoms with Gasteiger partial charge in [-0.15, -0.1) is 20.4 Å². The van der Waals surface area contributed by atoms with Crippen LogP contribution in [0.25, 0.3) is 11.0 Å². The predicted molar refractivity (Wildman–Crippen MR) is 71.6 cm³/mol. The Morgan fingerprint density at radius 2 is 1.44 bits per heavy atom. The molecule has 18 heavy (non-hydrogen) atoms. The monoisotopic (exact) mass is 244 g/mol. The smallest absolute Gasteiger partial charge is 0.190 e. The Bertz CT molecular complexity index is 621. The van der Waals surface area contributed by atoms with Crippen molar-refractivity contribution in [2.24, 2.45) is 0 Å². The molecule has 6 nitrogen and oxygen atoms in total. The van der Waals surface area contributed by atoms with Gasteiger partial charge in [0.15, 0.2) is 11.6 Å². The van der Waals surface area contributed by atoms with Crippen molar-refractivity contribution in [1.82, 2.24) is 20.4 Å². The Labute approximate surface area is 105 Å². The Hall–Kier alpha value is -2.24. The standard InChI is InChI=1S/C12H16N6/c1-6(2)8-5-9-7(3)4-10(8)16-18-12(14)11(13)17-15-9/h4-6H,1-3H3,(H2,13,17)(H2,14,18). The summed E-state index contributed by atoms with van der Waals surface area (Å²) in [6, 6.07) is 3.90. The fourth-order valence-electron chi connectivity index (χ4n) is 1.67. The van der Waals surface area contributed by atoms with E-state index in [1.807, 2.05) is 19.1 Å². The molecule has 0 aliphatic carbocycles. The lowest BCUT2D eigenvalue weighted by molar-refractivity contribution is 0.866. The quantitative estimate of drug-likeness (QED) is 0.789. The second kappa shape index (κ2) is 4.56. The Balaban J connectivity index is 2.91. The van der Waals surface area contributed by atoms with Gasteiger partial charge < -0.3 is 11.5 Å². The zero-order valence-electron chi connectivity index (χ0n) is 10.7. The van der Waals surface area contributed by atoms with E-state index < -0.39 is 0 Å². The van der Waals surface area contributed by atoms with Crippen molar-refractivity contribution >= 4 is 22.7 Å². The number of benzene rings is 1. The highest BCUT2D eigenvalue weighted by Gasteiger charge is 2.07. The minimum absolute atomic E-state index is 0.0756. The number of fused-ring (bicyclic) bond motifs is 7. The van der Waals surface area contributed by atoms with Crippen LogP contribution >= 0.6 is 0 Å². The van der Waals surface area contributed by atoms with E-state index in [1.165, 1.54) is 0 Å². The molecule has 6 heteroatoms. The van der Waals surface area contributed by atoms with E-state index in [1.54, 1.807) is 0 Å². The molecule has 0 saturated carbocycles. The van der Waals surface area contributed by atoms with E-state index in [0.29, 0.717) is 5.92 Å². The molecule has 0 aliphatic heterocycles.